The Hall–Kier alpha value is -1.36. The molecule has 0 aliphatic rings. The first kappa shape index (κ1) is 15.0. The van der Waals surface area contributed by atoms with E-state index in [4.69, 9.17) is 22.1 Å². The Balaban J connectivity index is 2.45. The molecule has 4 nitrogen and oxygen atoms in total. The summed E-state index contributed by atoms with van der Waals surface area (Å²) in [7, 11) is 1.68. The van der Waals surface area contributed by atoms with Crippen LogP contribution in [0.3, 0.4) is 0 Å². The van der Waals surface area contributed by atoms with Crippen LogP contribution >= 0.6 is 11.6 Å². The Kier molecular flexibility index (Phi) is 4.81. The van der Waals surface area contributed by atoms with Crippen LogP contribution in [-0.2, 0) is 4.74 Å². The lowest BCUT2D eigenvalue weighted by molar-refractivity contribution is 0.143. The number of hydrogen-bond donors (Lipinski definition) is 2. The van der Waals surface area contributed by atoms with Gasteiger partial charge in [0.2, 0.25) is 0 Å². The number of fused-ring (bicyclic) bond motifs is 1. The van der Waals surface area contributed by atoms with E-state index in [-0.39, 0.29) is 5.54 Å². The maximum Gasteiger partial charge on any atom is 0.0948 e. The molecule has 2 rings (SSSR count). The van der Waals surface area contributed by atoms with Gasteiger partial charge in [0.25, 0.3) is 0 Å². The van der Waals surface area contributed by atoms with Crippen LogP contribution in [0.25, 0.3) is 10.9 Å². The average molecular weight is 294 g/mol. The number of anilines is 1. The molecule has 1 heterocycles. The Bertz CT molecular complexity index is 584. The van der Waals surface area contributed by atoms with E-state index >= 15 is 0 Å². The average Bonchev–Trinajstić information content (AvgIpc) is 2.50. The van der Waals surface area contributed by atoms with Crippen molar-refractivity contribution in [2.45, 2.75) is 18.9 Å². The molecule has 0 aliphatic carbocycles. The van der Waals surface area contributed by atoms with Crippen LogP contribution in [0.1, 0.15) is 13.3 Å². The van der Waals surface area contributed by atoms with Crippen LogP contribution in [-0.4, -0.2) is 30.8 Å². The first-order valence-corrected chi connectivity index (χ1v) is 7.04. The standard InChI is InChI=1S/C15H20ClN3O/c1-3-15(9-17,10-20-2)19-13-7-6-12(16)11-5-4-8-18-14(11)13/h4-8,19H,3,9-10,17H2,1-2H3. The summed E-state index contributed by atoms with van der Waals surface area (Å²) >= 11 is 6.21. The first-order chi connectivity index (χ1) is 9.65. The van der Waals surface area contributed by atoms with E-state index in [1.807, 2.05) is 24.3 Å². The van der Waals surface area contributed by atoms with Crippen molar-refractivity contribution in [1.29, 1.82) is 0 Å². The maximum absolute atomic E-state index is 6.21. The molecule has 0 spiro atoms. The fourth-order valence-electron chi connectivity index (χ4n) is 2.28. The van der Waals surface area contributed by atoms with Crippen LogP contribution in [0.5, 0.6) is 0 Å². The van der Waals surface area contributed by atoms with E-state index in [0.29, 0.717) is 18.2 Å². The number of halogens is 1. The molecule has 0 aliphatic heterocycles. The quantitative estimate of drug-likeness (QED) is 0.859. The monoisotopic (exact) mass is 293 g/mol. The van der Waals surface area contributed by atoms with Gasteiger partial charge in [-0.2, -0.15) is 0 Å². The summed E-state index contributed by atoms with van der Waals surface area (Å²) < 4.78 is 5.31. The van der Waals surface area contributed by atoms with Crippen molar-refractivity contribution in [2.75, 3.05) is 25.6 Å². The number of methoxy groups -OCH3 is 1. The zero-order valence-electron chi connectivity index (χ0n) is 11.8. The number of pyridine rings is 1. The van der Waals surface area contributed by atoms with Crippen LogP contribution < -0.4 is 11.1 Å². The molecule has 1 atom stereocenters. The summed E-state index contributed by atoms with van der Waals surface area (Å²) in [5, 5.41) is 5.12. The van der Waals surface area contributed by atoms with Gasteiger partial charge >= 0.3 is 0 Å². The van der Waals surface area contributed by atoms with E-state index < -0.39 is 0 Å². The molecule has 1 unspecified atom stereocenters. The van der Waals surface area contributed by atoms with E-state index in [1.165, 1.54) is 0 Å². The van der Waals surface area contributed by atoms with E-state index in [2.05, 4.69) is 17.2 Å². The van der Waals surface area contributed by atoms with Crippen LogP contribution in [0.15, 0.2) is 30.5 Å². The fourth-order valence-corrected chi connectivity index (χ4v) is 2.50. The SMILES string of the molecule is CCC(CN)(COC)Nc1ccc(Cl)c2cccnc12. The summed E-state index contributed by atoms with van der Waals surface area (Å²) in [6, 6.07) is 7.65. The van der Waals surface area contributed by atoms with E-state index in [1.54, 1.807) is 13.3 Å². The van der Waals surface area contributed by atoms with Gasteiger partial charge in [-0.25, -0.2) is 0 Å². The van der Waals surface area contributed by atoms with Crippen molar-refractivity contribution in [3.63, 3.8) is 0 Å². The minimum Gasteiger partial charge on any atom is -0.382 e. The Labute approximate surface area is 124 Å². The van der Waals surface area contributed by atoms with Crippen LogP contribution in [0.2, 0.25) is 5.02 Å². The lowest BCUT2D eigenvalue weighted by Gasteiger charge is -2.33. The molecule has 1 aromatic carbocycles. The van der Waals surface area contributed by atoms with Gasteiger partial charge in [-0.1, -0.05) is 18.5 Å². The highest BCUT2D eigenvalue weighted by molar-refractivity contribution is 6.35. The van der Waals surface area contributed by atoms with Gasteiger partial charge in [0.05, 0.1) is 28.4 Å². The minimum atomic E-state index is -0.299. The molecule has 0 amide bonds. The summed E-state index contributed by atoms with van der Waals surface area (Å²) in [4.78, 5) is 4.43. The second-order valence-corrected chi connectivity index (χ2v) is 5.30. The number of benzene rings is 1. The number of hydrogen-bond acceptors (Lipinski definition) is 4. The van der Waals surface area contributed by atoms with Gasteiger partial charge in [-0.15, -0.1) is 0 Å². The number of nitrogens with one attached hydrogen (secondary N) is 1. The molecule has 0 radical (unpaired) electrons. The molecule has 0 fully saturated rings. The first-order valence-electron chi connectivity index (χ1n) is 6.66. The van der Waals surface area contributed by atoms with Crippen molar-refractivity contribution in [3.05, 3.63) is 35.5 Å². The van der Waals surface area contributed by atoms with Gasteiger partial charge in [0, 0.05) is 25.2 Å². The second kappa shape index (κ2) is 6.39. The van der Waals surface area contributed by atoms with Crippen molar-refractivity contribution >= 4 is 28.2 Å². The molecular weight excluding hydrogens is 274 g/mol. The van der Waals surface area contributed by atoms with Gasteiger partial charge in [-0.05, 0) is 30.7 Å². The molecule has 0 saturated carbocycles. The third kappa shape index (κ3) is 2.87. The Morgan fingerprint density at radius 3 is 2.85 bits per heavy atom. The Morgan fingerprint density at radius 1 is 1.40 bits per heavy atom. The van der Waals surface area contributed by atoms with E-state index in [9.17, 15) is 0 Å². The summed E-state index contributed by atoms with van der Waals surface area (Å²) in [5.41, 5.74) is 7.41. The van der Waals surface area contributed by atoms with Gasteiger partial charge in [0.1, 0.15) is 0 Å². The lowest BCUT2D eigenvalue weighted by Crippen LogP contribution is -2.48. The third-order valence-corrected chi connectivity index (χ3v) is 3.93. The summed E-state index contributed by atoms with van der Waals surface area (Å²) in [6.07, 6.45) is 2.62. The highest BCUT2D eigenvalue weighted by Crippen LogP contribution is 2.30. The van der Waals surface area contributed by atoms with Crippen molar-refractivity contribution in [3.8, 4) is 0 Å². The molecule has 0 bridgehead atoms. The number of nitrogens with two attached hydrogens (primary N) is 1. The van der Waals surface area contributed by atoms with Crippen molar-refractivity contribution < 1.29 is 4.74 Å². The van der Waals surface area contributed by atoms with E-state index in [0.717, 1.165) is 23.0 Å². The van der Waals surface area contributed by atoms with Gasteiger partial charge in [0.15, 0.2) is 0 Å². The highest BCUT2D eigenvalue weighted by atomic mass is 35.5. The summed E-state index contributed by atoms with van der Waals surface area (Å²) in [5.74, 6) is 0. The number of aromatic nitrogens is 1. The van der Waals surface area contributed by atoms with Crippen LogP contribution in [0.4, 0.5) is 5.69 Å². The van der Waals surface area contributed by atoms with Gasteiger partial charge in [-0.3, -0.25) is 4.98 Å². The number of rotatable bonds is 6. The topological polar surface area (TPSA) is 60.2 Å². The summed E-state index contributed by atoms with van der Waals surface area (Å²) in [6.45, 7) is 3.11. The van der Waals surface area contributed by atoms with Crippen molar-refractivity contribution in [2.24, 2.45) is 5.73 Å². The number of ether oxygens (including phenoxy) is 1. The predicted octanol–water partition coefficient (Wildman–Crippen LogP) is 3.05. The minimum absolute atomic E-state index is 0.299. The third-order valence-electron chi connectivity index (χ3n) is 3.60. The zero-order valence-corrected chi connectivity index (χ0v) is 12.6. The molecule has 5 heteroatoms. The van der Waals surface area contributed by atoms with Gasteiger partial charge < -0.3 is 15.8 Å². The molecule has 20 heavy (non-hydrogen) atoms. The smallest absolute Gasteiger partial charge is 0.0948 e. The largest absolute Gasteiger partial charge is 0.382 e. The fraction of sp³-hybridized carbons (Fsp3) is 0.400. The number of nitrogens with zero attached hydrogens (tertiary/aromatic N) is 1. The molecule has 0 saturated heterocycles. The normalized spacial score (nSPS) is 14.2. The highest BCUT2D eigenvalue weighted by Gasteiger charge is 2.27. The lowest BCUT2D eigenvalue weighted by atomic mass is 9.96. The molecule has 108 valence electrons. The molecular formula is C15H20ClN3O. The molecule has 1 aromatic heterocycles. The van der Waals surface area contributed by atoms with Crippen LogP contribution in [0, 0.1) is 0 Å². The predicted molar refractivity (Wildman–Crippen MR) is 84.3 cm³/mol. The molecule has 3 N–H and O–H groups in total. The second-order valence-electron chi connectivity index (χ2n) is 4.89. The molecule has 2 aromatic rings. The Morgan fingerprint density at radius 2 is 2.20 bits per heavy atom. The van der Waals surface area contributed by atoms with Crippen molar-refractivity contribution in [1.82, 2.24) is 4.98 Å². The zero-order chi connectivity index (χ0) is 14.6. The maximum atomic E-state index is 6.21.